The first-order valence-corrected chi connectivity index (χ1v) is 10.3. The number of amides is 1. The van der Waals surface area contributed by atoms with Gasteiger partial charge >= 0.3 is 0 Å². The maximum absolute atomic E-state index is 13.6. The Bertz CT molecular complexity index is 959. The fraction of sp³-hybridized carbons (Fsp3) is 0.316. The number of aryl methyl sites for hydroxylation is 1. The molecule has 1 aliphatic rings. The largest absolute Gasteiger partial charge is 0.379 e. The number of morpholine rings is 1. The average molecular weight is 407 g/mol. The monoisotopic (exact) mass is 407 g/mol. The number of nitrogens with one attached hydrogen (secondary N) is 2. The van der Waals surface area contributed by atoms with E-state index in [4.69, 9.17) is 4.74 Å². The minimum Gasteiger partial charge on any atom is -0.379 e. The average Bonchev–Trinajstić information content (AvgIpc) is 2.69. The number of benzene rings is 2. The first-order valence-electron chi connectivity index (χ1n) is 8.85. The molecule has 0 aliphatic carbocycles. The Hall–Kier alpha value is -2.49. The van der Waals surface area contributed by atoms with E-state index in [0.717, 1.165) is 0 Å². The predicted molar refractivity (Wildman–Crippen MR) is 104 cm³/mol. The molecule has 1 saturated heterocycles. The summed E-state index contributed by atoms with van der Waals surface area (Å²) in [5.41, 5.74) is 1.20. The molecule has 1 heterocycles. The number of nitrogens with zero attached hydrogens (tertiary/aromatic N) is 1. The molecule has 2 N–H and O–H groups in total. The van der Waals surface area contributed by atoms with Crippen molar-refractivity contribution >= 4 is 27.3 Å². The van der Waals surface area contributed by atoms with E-state index in [1.54, 1.807) is 25.1 Å². The van der Waals surface area contributed by atoms with Gasteiger partial charge in [0, 0.05) is 18.8 Å². The van der Waals surface area contributed by atoms with Crippen molar-refractivity contribution in [1.29, 1.82) is 0 Å². The van der Waals surface area contributed by atoms with Crippen molar-refractivity contribution in [3.63, 3.8) is 0 Å². The van der Waals surface area contributed by atoms with Crippen LogP contribution in [0.3, 0.4) is 0 Å². The second-order valence-electron chi connectivity index (χ2n) is 6.38. The van der Waals surface area contributed by atoms with E-state index in [2.05, 4.69) is 10.6 Å². The molecular formula is C19H22FN3O4S. The van der Waals surface area contributed by atoms with E-state index in [1.807, 2.05) is 0 Å². The maximum atomic E-state index is 13.6. The molecule has 0 bridgehead atoms. The first kappa shape index (κ1) is 20.2. The molecule has 150 valence electrons. The molecule has 0 aromatic heterocycles. The van der Waals surface area contributed by atoms with Gasteiger partial charge in [0.05, 0.1) is 30.3 Å². The van der Waals surface area contributed by atoms with Crippen LogP contribution in [-0.2, 0) is 19.6 Å². The second-order valence-corrected chi connectivity index (χ2v) is 8.28. The minimum absolute atomic E-state index is 0.0915. The lowest BCUT2D eigenvalue weighted by Gasteiger charge is -2.27. The molecule has 0 spiro atoms. The Morgan fingerprint density at radius 2 is 1.89 bits per heavy atom. The van der Waals surface area contributed by atoms with Crippen LogP contribution in [0.5, 0.6) is 0 Å². The topological polar surface area (TPSA) is 87.7 Å². The quantitative estimate of drug-likeness (QED) is 0.767. The van der Waals surface area contributed by atoms with Crippen molar-refractivity contribution in [3.8, 4) is 0 Å². The highest BCUT2D eigenvalue weighted by Gasteiger charge is 2.27. The summed E-state index contributed by atoms with van der Waals surface area (Å²) in [6, 6.07) is 10.8. The van der Waals surface area contributed by atoms with Gasteiger partial charge < -0.3 is 15.4 Å². The summed E-state index contributed by atoms with van der Waals surface area (Å²) in [5.74, 6) is -0.965. The van der Waals surface area contributed by atoms with Crippen LogP contribution in [0, 0.1) is 12.7 Å². The summed E-state index contributed by atoms with van der Waals surface area (Å²) in [4.78, 5) is 12.2. The van der Waals surface area contributed by atoms with Gasteiger partial charge in [0.25, 0.3) is 0 Å². The molecule has 1 fully saturated rings. The Kier molecular flexibility index (Phi) is 6.28. The van der Waals surface area contributed by atoms with Crippen LogP contribution < -0.4 is 10.6 Å². The highest BCUT2D eigenvalue weighted by atomic mass is 32.2. The second kappa shape index (κ2) is 8.68. The molecular weight excluding hydrogens is 385 g/mol. The van der Waals surface area contributed by atoms with Crippen molar-refractivity contribution in [2.24, 2.45) is 0 Å². The lowest BCUT2D eigenvalue weighted by atomic mass is 10.2. The SMILES string of the molecule is Cc1ccc(NCC(=O)Nc2ccccc2F)cc1S(=O)(=O)N1CCOCC1. The van der Waals surface area contributed by atoms with Crippen molar-refractivity contribution in [2.75, 3.05) is 43.5 Å². The van der Waals surface area contributed by atoms with Gasteiger partial charge in [-0.3, -0.25) is 4.79 Å². The standard InChI is InChI=1S/C19H22FN3O4S/c1-14-6-7-15(12-18(14)28(25,26)23-8-10-27-11-9-23)21-13-19(24)22-17-5-3-2-4-16(17)20/h2-7,12,21H,8-11,13H2,1H3,(H,22,24). The van der Waals surface area contributed by atoms with E-state index < -0.39 is 21.7 Å². The van der Waals surface area contributed by atoms with Gasteiger partial charge in [-0.2, -0.15) is 4.31 Å². The van der Waals surface area contributed by atoms with Crippen molar-refractivity contribution < 1.29 is 22.3 Å². The van der Waals surface area contributed by atoms with Gasteiger partial charge in [0.2, 0.25) is 15.9 Å². The Balaban J connectivity index is 1.69. The molecule has 1 amide bonds. The van der Waals surface area contributed by atoms with Crippen LogP contribution in [0.15, 0.2) is 47.4 Å². The highest BCUT2D eigenvalue weighted by molar-refractivity contribution is 7.89. The van der Waals surface area contributed by atoms with Crippen LogP contribution in [-0.4, -0.2) is 51.5 Å². The molecule has 0 radical (unpaired) electrons. The lowest BCUT2D eigenvalue weighted by molar-refractivity contribution is -0.114. The van der Waals surface area contributed by atoms with E-state index >= 15 is 0 Å². The minimum atomic E-state index is -3.64. The fourth-order valence-corrected chi connectivity index (χ4v) is 4.51. The molecule has 0 unspecified atom stereocenters. The fourth-order valence-electron chi connectivity index (χ4n) is 2.85. The third-order valence-electron chi connectivity index (χ3n) is 4.38. The van der Waals surface area contributed by atoms with Gasteiger partial charge in [-0.25, -0.2) is 12.8 Å². The zero-order chi connectivity index (χ0) is 20.1. The van der Waals surface area contributed by atoms with Gasteiger partial charge in [0.1, 0.15) is 5.82 Å². The van der Waals surface area contributed by atoms with E-state index in [-0.39, 0.29) is 17.1 Å². The van der Waals surface area contributed by atoms with E-state index in [1.165, 1.54) is 28.6 Å². The number of sulfonamides is 1. The van der Waals surface area contributed by atoms with Crippen LogP contribution in [0.4, 0.5) is 15.8 Å². The predicted octanol–water partition coefficient (Wildman–Crippen LogP) is 2.21. The third-order valence-corrected chi connectivity index (χ3v) is 6.42. The van der Waals surface area contributed by atoms with Crippen molar-refractivity contribution in [1.82, 2.24) is 4.31 Å². The normalized spacial score (nSPS) is 15.2. The number of rotatable bonds is 6. The maximum Gasteiger partial charge on any atom is 0.243 e. The van der Waals surface area contributed by atoms with Crippen molar-refractivity contribution in [3.05, 3.63) is 53.8 Å². The van der Waals surface area contributed by atoms with Crippen molar-refractivity contribution in [2.45, 2.75) is 11.8 Å². The van der Waals surface area contributed by atoms with Crippen LogP contribution in [0.25, 0.3) is 0 Å². The Morgan fingerprint density at radius 1 is 1.18 bits per heavy atom. The van der Waals surface area contributed by atoms with Crippen LogP contribution in [0.2, 0.25) is 0 Å². The van der Waals surface area contributed by atoms with Crippen LogP contribution >= 0.6 is 0 Å². The van der Waals surface area contributed by atoms with Gasteiger partial charge in [-0.1, -0.05) is 18.2 Å². The number of anilines is 2. The number of ether oxygens (including phenoxy) is 1. The Morgan fingerprint density at radius 3 is 2.61 bits per heavy atom. The molecule has 7 nitrogen and oxygen atoms in total. The number of para-hydroxylation sites is 1. The summed E-state index contributed by atoms with van der Waals surface area (Å²) < 4.78 is 46.0. The summed E-state index contributed by atoms with van der Waals surface area (Å²) >= 11 is 0. The molecule has 1 aliphatic heterocycles. The van der Waals surface area contributed by atoms with Gasteiger partial charge in [0.15, 0.2) is 0 Å². The van der Waals surface area contributed by atoms with E-state index in [9.17, 15) is 17.6 Å². The smallest absolute Gasteiger partial charge is 0.243 e. The first-order chi connectivity index (χ1) is 13.4. The zero-order valence-corrected chi connectivity index (χ0v) is 16.3. The van der Waals surface area contributed by atoms with Gasteiger partial charge in [-0.05, 0) is 36.8 Å². The molecule has 3 rings (SSSR count). The number of hydrogen-bond donors (Lipinski definition) is 2. The van der Waals surface area contributed by atoms with Gasteiger partial charge in [-0.15, -0.1) is 0 Å². The summed E-state index contributed by atoms with van der Waals surface area (Å²) in [5, 5.41) is 5.36. The molecule has 28 heavy (non-hydrogen) atoms. The van der Waals surface area contributed by atoms with Crippen LogP contribution in [0.1, 0.15) is 5.56 Å². The zero-order valence-electron chi connectivity index (χ0n) is 15.4. The molecule has 2 aromatic carbocycles. The number of carbonyl (C=O) groups is 1. The highest BCUT2D eigenvalue weighted by Crippen LogP contribution is 2.24. The number of halogens is 1. The molecule has 9 heteroatoms. The molecule has 2 aromatic rings. The lowest BCUT2D eigenvalue weighted by Crippen LogP contribution is -2.40. The summed E-state index contributed by atoms with van der Waals surface area (Å²) in [7, 11) is -3.64. The number of carbonyl (C=O) groups excluding carboxylic acids is 1. The molecule has 0 atom stereocenters. The Labute approximate surface area is 163 Å². The molecule has 0 saturated carbocycles. The summed E-state index contributed by atoms with van der Waals surface area (Å²) in [6.07, 6.45) is 0. The summed E-state index contributed by atoms with van der Waals surface area (Å²) in [6.45, 7) is 2.95. The number of hydrogen-bond acceptors (Lipinski definition) is 5. The van der Waals surface area contributed by atoms with E-state index in [0.29, 0.717) is 37.6 Å². The third kappa shape index (κ3) is 4.67.